The Morgan fingerprint density at radius 1 is 0.293 bits per heavy atom. The zero-order valence-electron chi connectivity index (χ0n) is 65.0. The molecule has 3 N–H and O–H groups in total. The number of hydrogen-bond donors (Lipinski definition) is 3. The molecule has 0 fully saturated rings. The van der Waals surface area contributed by atoms with E-state index in [1.807, 2.05) is 0 Å². The first kappa shape index (κ1) is 97.1. The number of hydrogen-bond acceptors (Lipinski definition) is 15. The number of ether oxygens (including phenoxy) is 4. The van der Waals surface area contributed by atoms with Crippen LogP contribution in [0.4, 0.5) is 0 Å². The minimum Gasteiger partial charge on any atom is -0.462 e. The predicted octanol–water partition coefficient (Wildman–Crippen LogP) is 23.7. The fourth-order valence-electron chi connectivity index (χ4n) is 12.2. The summed E-state index contributed by atoms with van der Waals surface area (Å²) < 4.78 is 68.6. The molecule has 0 bridgehead atoms. The highest BCUT2D eigenvalue weighted by Gasteiger charge is 2.30. The molecule has 588 valence electrons. The largest absolute Gasteiger partial charge is 0.472 e. The van der Waals surface area contributed by atoms with Crippen LogP contribution in [0.5, 0.6) is 0 Å². The quantitative estimate of drug-likeness (QED) is 0.0222. The molecule has 7 atom stereocenters. The molecule has 0 aromatic heterocycles. The van der Waals surface area contributed by atoms with Crippen molar-refractivity contribution in [1.82, 2.24) is 0 Å². The Morgan fingerprint density at radius 2 is 0.515 bits per heavy atom. The molecule has 17 nitrogen and oxygen atoms in total. The van der Waals surface area contributed by atoms with E-state index < -0.39 is 97.5 Å². The molecule has 4 unspecified atom stereocenters. The van der Waals surface area contributed by atoms with Crippen molar-refractivity contribution in [1.29, 1.82) is 0 Å². The van der Waals surface area contributed by atoms with Gasteiger partial charge in [0.25, 0.3) is 0 Å². The average molecular weight is 1450 g/mol. The minimum atomic E-state index is -4.96. The molecule has 0 aliphatic heterocycles. The van der Waals surface area contributed by atoms with Gasteiger partial charge in [-0.2, -0.15) is 0 Å². The highest BCUT2D eigenvalue weighted by Crippen LogP contribution is 2.45. The van der Waals surface area contributed by atoms with Crippen molar-refractivity contribution in [2.45, 2.75) is 433 Å². The Morgan fingerprint density at radius 3 is 0.768 bits per heavy atom. The summed E-state index contributed by atoms with van der Waals surface area (Å²) in [4.78, 5) is 72.8. The summed E-state index contributed by atoms with van der Waals surface area (Å²) in [6.07, 6.45) is 58.7. The molecule has 0 aliphatic carbocycles. The first-order valence-corrected chi connectivity index (χ1v) is 44.4. The maximum absolute atomic E-state index is 13.1. The van der Waals surface area contributed by atoms with Crippen molar-refractivity contribution in [2.24, 2.45) is 17.8 Å². The van der Waals surface area contributed by atoms with Gasteiger partial charge < -0.3 is 33.8 Å². The van der Waals surface area contributed by atoms with Crippen LogP contribution in [0.15, 0.2) is 0 Å². The number of aliphatic hydroxyl groups excluding tert-OH is 1. The molecular weight excluding hydrogens is 1290 g/mol. The highest BCUT2D eigenvalue weighted by atomic mass is 31.2. The number of unbranched alkanes of at least 4 members (excludes halogenated alkanes) is 44. The van der Waals surface area contributed by atoms with Crippen molar-refractivity contribution >= 4 is 39.5 Å². The molecule has 0 spiro atoms. The summed E-state index contributed by atoms with van der Waals surface area (Å²) in [5.74, 6) is 0.129. The number of phosphoric acid groups is 2. The monoisotopic (exact) mass is 1450 g/mol. The Kier molecular flexibility index (Phi) is 69.0. The Balaban J connectivity index is 5.18. The minimum absolute atomic E-state index is 0.102. The van der Waals surface area contributed by atoms with Gasteiger partial charge in [0, 0.05) is 25.7 Å². The van der Waals surface area contributed by atoms with Crippen LogP contribution >= 0.6 is 15.6 Å². The predicted molar refractivity (Wildman–Crippen MR) is 405 cm³/mol. The number of aliphatic hydroxyl groups is 1. The summed E-state index contributed by atoms with van der Waals surface area (Å²) in [6, 6.07) is 0. The van der Waals surface area contributed by atoms with E-state index in [0.29, 0.717) is 31.6 Å². The molecule has 0 saturated heterocycles. The van der Waals surface area contributed by atoms with E-state index in [0.717, 1.165) is 108 Å². The highest BCUT2D eigenvalue weighted by molar-refractivity contribution is 7.47. The summed E-state index contributed by atoms with van der Waals surface area (Å²) in [5, 5.41) is 10.6. The van der Waals surface area contributed by atoms with Crippen LogP contribution in [0.1, 0.15) is 414 Å². The normalized spacial score (nSPS) is 14.5. The van der Waals surface area contributed by atoms with Crippen molar-refractivity contribution in [3.8, 4) is 0 Å². The lowest BCUT2D eigenvalue weighted by Gasteiger charge is -2.21. The van der Waals surface area contributed by atoms with Gasteiger partial charge in [-0.05, 0) is 43.4 Å². The fourth-order valence-corrected chi connectivity index (χ4v) is 13.8. The average Bonchev–Trinajstić information content (AvgIpc) is 0.977. The second-order valence-corrected chi connectivity index (χ2v) is 32.7. The van der Waals surface area contributed by atoms with E-state index in [-0.39, 0.29) is 25.7 Å². The van der Waals surface area contributed by atoms with Crippen molar-refractivity contribution < 1.29 is 80.2 Å². The molecule has 0 aliphatic rings. The third-order valence-corrected chi connectivity index (χ3v) is 21.3. The third kappa shape index (κ3) is 71.5. The number of carbonyl (C=O) groups excluding carboxylic acids is 4. The van der Waals surface area contributed by atoms with Crippen LogP contribution < -0.4 is 0 Å². The lowest BCUT2D eigenvalue weighted by atomic mass is 9.99. The lowest BCUT2D eigenvalue weighted by molar-refractivity contribution is -0.161. The Hall–Kier alpha value is -1.94. The van der Waals surface area contributed by atoms with Crippen LogP contribution in [0.25, 0.3) is 0 Å². The molecule has 99 heavy (non-hydrogen) atoms. The molecule has 0 radical (unpaired) electrons. The van der Waals surface area contributed by atoms with Gasteiger partial charge in [-0.3, -0.25) is 37.3 Å². The lowest BCUT2D eigenvalue weighted by Crippen LogP contribution is -2.30. The Labute approximate surface area is 607 Å². The maximum atomic E-state index is 13.1. The standard InChI is InChI=1S/C80H156O17P2/c1-8-11-12-13-14-15-16-17-18-19-20-21-22-23-24-25-30-33-36-39-49-56-63-79(84)96-75(67-90-77(82)61-54-47-38-35-32-29-27-26-28-31-34-37-45-52-59-72(6)9-2)69-94-98(86,87)92-65-74(81)66-93-99(88,89)95-70-76(68-91-78(83)62-55-48-42-40-44-51-58-71(4)5)97-80(85)64-57-50-43-41-46-53-60-73(7)10-3/h71-76,81H,8-70H2,1-7H3,(H,86,87)(H,88,89)/t72?,73?,74-,75-,76-/m1/s1. The first-order valence-electron chi connectivity index (χ1n) is 41.4. The number of phosphoric ester groups is 2. The smallest absolute Gasteiger partial charge is 0.462 e. The van der Waals surface area contributed by atoms with E-state index >= 15 is 0 Å². The van der Waals surface area contributed by atoms with Crippen LogP contribution in [-0.4, -0.2) is 96.7 Å². The second kappa shape index (κ2) is 70.4. The first-order chi connectivity index (χ1) is 47.8. The molecule has 0 aromatic rings. The molecule has 0 amide bonds. The van der Waals surface area contributed by atoms with Gasteiger partial charge in [0.1, 0.15) is 19.3 Å². The van der Waals surface area contributed by atoms with E-state index in [4.69, 9.17) is 37.0 Å². The zero-order valence-corrected chi connectivity index (χ0v) is 66.8. The summed E-state index contributed by atoms with van der Waals surface area (Å²) in [5.41, 5.74) is 0. The molecule has 0 rings (SSSR count). The molecule has 0 aromatic carbocycles. The fraction of sp³-hybridized carbons (Fsp3) is 0.950. The summed E-state index contributed by atoms with van der Waals surface area (Å²) >= 11 is 0. The Bertz CT molecular complexity index is 1930. The van der Waals surface area contributed by atoms with Crippen LogP contribution in [0.3, 0.4) is 0 Å². The van der Waals surface area contributed by atoms with Gasteiger partial charge in [0.2, 0.25) is 0 Å². The van der Waals surface area contributed by atoms with Crippen molar-refractivity contribution in [2.75, 3.05) is 39.6 Å². The topological polar surface area (TPSA) is 237 Å². The van der Waals surface area contributed by atoms with E-state index in [2.05, 4.69) is 48.5 Å². The third-order valence-electron chi connectivity index (χ3n) is 19.4. The van der Waals surface area contributed by atoms with E-state index in [1.54, 1.807) is 0 Å². The van der Waals surface area contributed by atoms with Gasteiger partial charge in [-0.15, -0.1) is 0 Å². The zero-order chi connectivity index (χ0) is 73.0. The van der Waals surface area contributed by atoms with Crippen LogP contribution in [-0.2, 0) is 65.4 Å². The molecule has 19 heteroatoms. The van der Waals surface area contributed by atoms with Gasteiger partial charge in [0.15, 0.2) is 12.2 Å². The van der Waals surface area contributed by atoms with Gasteiger partial charge in [-0.1, -0.05) is 363 Å². The van der Waals surface area contributed by atoms with Crippen molar-refractivity contribution in [3.05, 3.63) is 0 Å². The van der Waals surface area contributed by atoms with Gasteiger partial charge >= 0.3 is 39.5 Å². The molecular formula is C80H156O17P2. The number of esters is 4. The van der Waals surface area contributed by atoms with Gasteiger partial charge in [-0.25, -0.2) is 9.13 Å². The SMILES string of the molecule is CCCCCCCCCCCCCCCCCCCCCCCCC(=O)O[C@H](COC(=O)CCCCCCCCCCCCCCCCC(C)CC)COP(=O)(O)OC[C@@H](O)COP(=O)(O)OC[C@@H](COC(=O)CCCCCCCCC(C)C)OC(=O)CCCCCCCCC(C)CC. The van der Waals surface area contributed by atoms with Crippen LogP contribution in [0.2, 0.25) is 0 Å². The number of carbonyl (C=O) groups is 4. The van der Waals surface area contributed by atoms with Crippen LogP contribution in [0, 0.1) is 17.8 Å². The molecule has 0 saturated carbocycles. The van der Waals surface area contributed by atoms with Gasteiger partial charge in [0.05, 0.1) is 26.4 Å². The second-order valence-electron chi connectivity index (χ2n) is 29.8. The summed E-state index contributed by atoms with van der Waals surface area (Å²) in [6.45, 7) is 11.8. The van der Waals surface area contributed by atoms with E-state index in [9.17, 15) is 43.2 Å². The number of rotatable bonds is 78. The van der Waals surface area contributed by atoms with E-state index in [1.165, 1.54) is 218 Å². The maximum Gasteiger partial charge on any atom is 0.472 e. The molecule has 0 heterocycles. The van der Waals surface area contributed by atoms with Crippen molar-refractivity contribution in [3.63, 3.8) is 0 Å². The summed E-state index contributed by atoms with van der Waals surface area (Å²) in [7, 11) is -9.92.